The average molecular weight is 478 g/mol. The van der Waals surface area contributed by atoms with Crippen LogP contribution < -0.4 is 46.0 Å². The molecule has 1 aromatic carbocycles. The quantitative estimate of drug-likeness (QED) is 0.173. The molecule has 34 heavy (non-hydrogen) atoms. The number of fused-ring (bicyclic) bond motifs is 1. The summed E-state index contributed by atoms with van der Waals surface area (Å²) in [6, 6.07) is 6.93. The molecule has 1 atom stereocenters. The number of anilines is 1. The van der Waals surface area contributed by atoms with Gasteiger partial charge in [-0.05, 0) is 36.8 Å². The minimum atomic E-state index is -1.29. The number of hydrogen-bond donors (Lipinski definition) is 3. The molecule has 3 aromatic rings. The van der Waals surface area contributed by atoms with Crippen LogP contribution in [0, 0.1) is 5.92 Å². The van der Waals surface area contributed by atoms with E-state index in [1.807, 2.05) is 0 Å². The fraction of sp³-hybridized carbons (Fsp3) is 0.348. The topological polar surface area (TPSA) is 171 Å². The molecule has 10 nitrogen and oxygen atoms in total. The van der Waals surface area contributed by atoms with Crippen molar-refractivity contribution in [2.75, 3.05) is 12.8 Å². The Kier molecular flexibility index (Phi) is 11.2. The van der Waals surface area contributed by atoms with Gasteiger partial charge in [0.05, 0.1) is 18.4 Å². The number of aromatic nitrogens is 3. The molecule has 0 saturated carbocycles. The Labute approximate surface area is 218 Å². The average Bonchev–Trinajstić information content (AvgIpc) is 3.17. The van der Waals surface area contributed by atoms with Gasteiger partial charge < -0.3 is 25.4 Å². The van der Waals surface area contributed by atoms with Gasteiger partial charge >= 0.3 is 35.5 Å². The Morgan fingerprint density at radius 1 is 1.18 bits per heavy atom. The van der Waals surface area contributed by atoms with Crippen molar-refractivity contribution in [2.24, 2.45) is 5.92 Å². The number of nitrogen functional groups attached to an aromatic ring is 1. The van der Waals surface area contributed by atoms with Gasteiger partial charge in [0.25, 0.3) is 5.56 Å². The van der Waals surface area contributed by atoms with E-state index in [2.05, 4.69) is 19.7 Å². The zero-order chi connectivity index (χ0) is 23.3. The zero-order valence-corrected chi connectivity index (χ0v) is 20.5. The van der Waals surface area contributed by atoms with Crippen LogP contribution in [0.5, 0.6) is 0 Å². The molecule has 11 heteroatoms. The van der Waals surface area contributed by atoms with Gasteiger partial charge in [0, 0.05) is 24.2 Å². The number of hydrogen-bond acceptors (Lipinski definition) is 8. The van der Waals surface area contributed by atoms with Crippen molar-refractivity contribution in [3.63, 3.8) is 0 Å². The van der Waals surface area contributed by atoms with Crippen LogP contribution >= 0.6 is 0 Å². The second-order valence-electron chi connectivity index (χ2n) is 7.44. The zero-order valence-electron chi connectivity index (χ0n) is 18.5. The van der Waals surface area contributed by atoms with Crippen LogP contribution in [-0.2, 0) is 27.2 Å². The number of nitrogens with zero attached hydrogens (tertiary/aromatic N) is 1. The largest absolute Gasteiger partial charge is 1.00 e. The van der Waals surface area contributed by atoms with Crippen molar-refractivity contribution in [3.8, 4) is 0 Å². The third-order valence-corrected chi connectivity index (χ3v) is 5.26. The number of aryl methyl sites for hydroxylation is 2. The first kappa shape index (κ1) is 29.1. The van der Waals surface area contributed by atoms with Gasteiger partial charge in [0.15, 0.2) is 5.78 Å². The van der Waals surface area contributed by atoms with E-state index >= 15 is 0 Å². The number of ether oxygens (including phenoxy) is 1. The van der Waals surface area contributed by atoms with Gasteiger partial charge in [-0.15, -0.1) is 0 Å². The number of rotatable bonds is 10. The molecule has 0 aliphatic rings. The SMILES string of the molecule is C.COC(=O)[C@H](CCC(=O)[O-])CC(=O)c1ccc(CCc2c[nH]c3nc(N)[nH]c(=O)c23)cc1.[Na+]. The summed E-state index contributed by atoms with van der Waals surface area (Å²) < 4.78 is 4.67. The fourth-order valence-electron chi connectivity index (χ4n) is 3.56. The van der Waals surface area contributed by atoms with Gasteiger partial charge in [0.1, 0.15) is 5.65 Å². The first-order valence-corrected chi connectivity index (χ1v) is 10.0. The maximum atomic E-state index is 12.6. The van der Waals surface area contributed by atoms with E-state index < -0.39 is 17.9 Å². The third kappa shape index (κ3) is 7.28. The number of esters is 1. The summed E-state index contributed by atoms with van der Waals surface area (Å²) in [5, 5.41) is 11.2. The number of H-pyrrole nitrogens is 2. The Hall–Kier alpha value is -2.95. The minimum absolute atomic E-state index is 0. The number of nitrogens with one attached hydrogen (secondary N) is 2. The number of carbonyl (C=O) groups excluding carboxylic acids is 3. The molecule has 4 N–H and O–H groups in total. The molecule has 0 bridgehead atoms. The van der Waals surface area contributed by atoms with E-state index in [1.54, 1.807) is 30.5 Å². The third-order valence-electron chi connectivity index (χ3n) is 5.26. The molecule has 2 aromatic heterocycles. The van der Waals surface area contributed by atoms with E-state index in [0.717, 1.165) is 11.1 Å². The molecule has 3 rings (SSSR count). The number of benzene rings is 1. The van der Waals surface area contributed by atoms with Crippen molar-refractivity contribution in [3.05, 3.63) is 57.5 Å². The monoisotopic (exact) mass is 478 g/mol. The number of carbonyl (C=O) groups is 3. The number of aliphatic carboxylic acids is 1. The smallest absolute Gasteiger partial charge is 0.550 e. The summed E-state index contributed by atoms with van der Waals surface area (Å²) in [6.45, 7) is 0. The predicted molar refractivity (Wildman–Crippen MR) is 120 cm³/mol. The van der Waals surface area contributed by atoms with Crippen LogP contribution in [0.1, 0.15) is 48.2 Å². The van der Waals surface area contributed by atoms with Crippen LogP contribution in [-0.4, -0.2) is 39.8 Å². The van der Waals surface area contributed by atoms with E-state index in [4.69, 9.17) is 5.73 Å². The van der Waals surface area contributed by atoms with E-state index in [-0.39, 0.29) is 73.5 Å². The van der Waals surface area contributed by atoms with Crippen molar-refractivity contribution in [1.82, 2.24) is 15.0 Å². The molecule has 0 fully saturated rings. The number of carboxylic acid groups (broad SMARTS) is 1. The van der Waals surface area contributed by atoms with E-state index in [0.29, 0.717) is 29.4 Å². The summed E-state index contributed by atoms with van der Waals surface area (Å²) in [7, 11) is 1.19. The van der Waals surface area contributed by atoms with Gasteiger partial charge in [-0.25, -0.2) is 0 Å². The first-order valence-electron chi connectivity index (χ1n) is 10.0. The summed E-state index contributed by atoms with van der Waals surface area (Å²) in [4.78, 5) is 56.7. The summed E-state index contributed by atoms with van der Waals surface area (Å²) in [5.74, 6) is -2.98. The predicted octanol–water partition coefficient (Wildman–Crippen LogP) is -1.85. The van der Waals surface area contributed by atoms with Gasteiger partial charge in [0.2, 0.25) is 5.95 Å². The van der Waals surface area contributed by atoms with Gasteiger partial charge in [-0.2, -0.15) is 4.98 Å². The molecule has 0 aliphatic heterocycles. The maximum Gasteiger partial charge on any atom is 1.00 e. The van der Waals surface area contributed by atoms with E-state index in [1.165, 1.54) is 7.11 Å². The van der Waals surface area contributed by atoms with Crippen LogP contribution in [0.15, 0.2) is 35.3 Å². The molecule has 176 valence electrons. The second-order valence-corrected chi connectivity index (χ2v) is 7.44. The molecular weight excluding hydrogens is 451 g/mol. The summed E-state index contributed by atoms with van der Waals surface area (Å²) in [6.07, 6.45) is 2.43. The second kappa shape index (κ2) is 13.1. The van der Waals surface area contributed by atoms with Crippen molar-refractivity contribution in [2.45, 2.75) is 39.5 Å². The van der Waals surface area contributed by atoms with Crippen molar-refractivity contribution < 1.29 is 53.8 Å². The van der Waals surface area contributed by atoms with Gasteiger partial charge in [-0.3, -0.25) is 19.4 Å². The molecule has 0 spiro atoms. The summed E-state index contributed by atoms with van der Waals surface area (Å²) in [5.41, 5.74) is 7.86. The normalized spacial score (nSPS) is 11.2. The molecule has 0 saturated heterocycles. The minimum Gasteiger partial charge on any atom is -0.550 e. The van der Waals surface area contributed by atoms with Crippen molar-refractivity contribution >= 4 is 34.7 Å². The maximum absolute atomic E-state index is 12.6. The van der Waals surface area contributed by atoms with Crippen LogP contribution in [0.4, 0.5) is 5.95 Å². The summed E-state index contributed by atoms with van der Waals surface area (Å²) >= 11 is 0. The Bertz CT molecular complexity index is 1200. The van der Waals surface area contributed by atoms with Crippen LogP contribution in [0.2, 0.25) is 0 Å². The Balaban J connectivity index is 0.00000289. The van der Waals surface area contributed by atoms with E-state index in [9.17, 15) is 24.3 Å². The molecule has 0 radical (unpaired) electrons. The fourth-order valence-corrected chi connectivity index (χ4v) is 3.56. The molecular formula is C23H27N4NaO6. The molecule has 0 aliphatic carbocycles. The number of aromatic amines is 2. The number of nitrogens with two attached hydrogens (primary N) is 1. The Morgan fingerprint density at radius 2 is 1.85 bits per heavy atom. The molecule has 0 unspecified atom stereocenters. The number of carboxylic acids is 1. The molecule has 2 heterocycles. The molecule has 0 amide bonds. The Morgan fingerprint density at radius 3 is 2.47 bits per heavy atom. The van der Waals surface area contributed by atoms with Crippen LogP contribution in [0.3, 0.4) is 0 Å². The standard InChI is InChI=1S/C22H24N4O6.CH4.Na/c1-32-21(31)14(8-9-17(28)29)10-16(27)13-5-2-12(3-6-13)4-7-15-11-24-19-18(15)20(30)26-22(23)25-19;;/h2-3,5-6,11,14H,4,7-10H2,1H3,(H,28,29)(H4,23,24,25,26,30);1H4;/q;;+1/p-1/t14-;;/m1../s1. The first-order chi connectivity index (χ1) is 15.3. The van der Waals surface area contributed by atoms with Gasteiger partial charge in [-0.1, -0.05) is 31.7 Å². The van der Waals surface area contributed by atoms with Crippen molar-refractivity contribution in [1.29, 1.82) is 0 Å². The number of Topliss-reactive ketones (excluding diaryl/α,β-unsaturated/α-hetero) is 1. The van der Waals surface area contributed by atoms with Crippen LogP contribution in [0.25, 0.3) is 11.0 Å². The number of methoxy groups -OCH3 is 1. The number of ketones is 1.